The van der Waals surface area contributed by atoms with E-state index in [2.05, 4.69) is 0 Å². The molecule has 0 atom stereocenters. The maximum Gasteiger partial charge on any atom is 0.337 e. The van der Waals surface area contributed by atoms with Crippen LogP contribution in [0.4, 0.5) is 0 Å². The first-order chi connectivity index (χ1) is 14.9. The zero-order chi connectivity index (χ0) is 21.8. The van der Waals surface area contributed by atoms with Crippen LogP contribution in [0.15, 0.2) is 70.9 Å². The van der Waals surface area contributed by atoms with E-state index < -0.39 is 16.0 Å². The van der Waals surface area contributed by atoms with Gasteiger partial charge in [0, 0.05) is 18.0 Å². The summed E-state index contributed by atoms with van der Waals surface area (Å²) in [5.74, 6) is -1.09. The van der Waals surface area contributed by atoms with Gasteiger partial charge in [0.1, 0.15) is 4.21 Å². The molecule has 1 N–H and O–H groups in total. The van der Waals surface area contributed by atoms with E-state index in [1.54, 1.807) is 12.1 Å². The Morgan fingerprint density at radius 1 is 0.871 bits per heavy atom. The number of benzene rings is 2. The predicted octanol–water partition coefficient (Wildman–Crippen LogP) is 5.21. The summed E-state index contributed by atoms with van der Waals surface area (Å²) in [6.45, 7) is 1.04. The van der Waals surface area contributed by atoms with Crippen LogP contribution >= 0.6 is 11.3 Å². The number of rotatable bonds is 6. The molecule has 2 aromatic carbocycles. The third kappa shape index (κ3) is 4.79. The van der Waals surface area contributed by atoms with Crippen molar-refractivity contribution < 1.29 is 18.3 Å². The molecule has 4 rings (SSSR count). The van der Waals surface area contributed by atoms with Crippen molar-refractivity contribution >= 4 is 39.0 Å². The SMILES string of the molecule is O=C(O)/C(=C/c1ccc(-c2ccccc2)cc1)c1ccc(S(=O)(=O)N2CCCCC2)s1. The second kappa shape index (κ2) is 9.18. The van der Waals surface area contributed by atoms with E-state index in [1.807, 2.05) is 54.6 Å². The van der Waals surface area contributed by atoms with Gasteiger partial charge in [-0.2, -0.15) is 4.31 Å². The van der Waals surface area contributed by atoms with Gasteiger partial charge in [-0.25, -0.2) is 13.2 Å². The maximum absolute atomic E-state index is 12.9. The molecule has 1 aliphatic heterocycles. The highest BCUT2D eigenvalue weighted by Crippen LogP contribution is 2.32. The maximum atomic E-state index is 12.9. The molecular formula is C24H23NO4S2. The fraction of sp³-hybridized carbons (Fsp3) is 0.208. The van der Waals surface area contributed by atoms with Crippen LogP contribution in [-0.4, -0.2) is 36.9 Å². The largest absolute Gasteiger partial charge is 0.478 e. The van der Waals surface area contributed by atoms with Crippen molar-refractivity contribution in [3.63, 3.8) is 0 Å². The van der Waals surface area contributed by atoms with Gasteiger partial charge in [0.15, 0.2) is 0 Å². The molecule has 0 bridgehead atoms. The Morgan fingerprint density at radius 3 is 2.16 bits per heavy atom. The molecule has 0 unspecified atom stereocenters. The Balaban J connectivity index is 1.61. The molecule has 2 heterocycles. The normalized spacial score (nSPS) is 15.7. The summed E-state index contributed by atoms with van der Waals surface area (Å²) >= 11 is 1.01. The number of carboxylic acid groups (broad SMARTS) is 1. The number of hydrogen-bond acceptors (Lipinski definition) is 4. The Morgan fingerprint density at radius 2 is 1.52 bits per heavy atom. The predicted molar refractivity (Wildman–Crippen MR) is 124 cm³/mol. The van der Waals surface area contributed by atoms with Gasteiger partial charge in [-0.1, -0.05) is 61.0 Å². The minimum Gasteiger partial charge on any atom is -0.478 e. The topological polar surface area (TPSA) is 74.7 Å². The monoisotopic (exact) mass is 453 g/mol. The molecule has 0 aliphatic carbocycles. The highest BCUT2D eigenvalue weighted by molar-refractivity contribution is 7.91. The first-order valence-corrected chi connectivity index (χ1v) is 12.4. The standard InChI is InChI=1S/C24H23NO4S2/c26-24(27)21(17-18-9-11-20(12-10-18)19-7-3-1-4-8-19)22-13-14-23(30-22)31(28,29)25-15-5-2-6-16-25/h1,3-4,7-14,17H,2,5-6,15-16H2,(H,26,27)/b21-17+. The number of thiophene rings is 1. The van der Waals surface area contributed by atoms with Gasteiger partial charge in [-0.15, -0.1) is 11.3 Å². The summed E-state index contributed by atoms with van der Waals surface area (Å²) in [5.41, 5.74) is 2.95. The molecule has 1 aliphatic rings. The van der Waals surface area contributed by atoms with Crippen LogP contribution in [0.3, 0.4) is 0 Å². The molecule has 0 radical (unpaired) electrons. The lowest BCUT2D eigenvalue weighted by atomic mass is 10.0. The molecule has 0 amide bonds. The van der Waals surface area contributed by atoms with Crippen LogP contribution in [-0.2, 0) is 14.8 Å². The molecule has 3 aromatic rings. The van der Waals surface area contributed by atoms with E-state index >= 15 is 0 Å². The lowest BCUT2D eigenvalue weighted by Gasteiger charge is -2.25. The van der Waals surface area contributed by atoms with Crippen LogP contribution in [0, 0.1) is 0 Å². The van der Waals surface area contributed by atoms with Gasteiger partial charge in [0.2, 0.25) is 0 Å². The number of carboxylic acids is 1. The Bertz CT molecular complexity index is 1190. The molecule has 1 saturated heterocycles. The first-order valence-electron chi connectivity index (χ1n) is 10.2. The van der Waals surface area contributed by atoms with Gasteiger partial charge in [-0.05, 0) is 47.7 Å². The summed E-state index contributed by atoms with van der Waals surface area (Å²) in [5, 5.41) is 9.76. The third-order valence-corrected chi connectivity index (χ3v) is 8.80. The second-order valence-corrected chi connectivity index (χ2v) is 10.7. The number of carbonyl (C=O) groups is 1. The van der Waals surface area contributed by atoms with Crippen molar-refractivity contribution in [3.05, 3.63) is 77.2 Å². The average Bonchev–Trinajstić information content (AvgIpc) is 3.30. The van der Waals surface area contributed by atoms with Gasteiger partial charge in [0.05, 0.1) is 5.57 Å². The third-order valence-electron chi connectivity index (χ3n) is 5.32. The molecule has 160 valence electrons. The highest BCUT2D eigenvalue weighted by atomic mass is 32.2. The molecule has 0 spiro atoms. The number of piperidine rings is 1. The van der Waals surface area contributed by atoms with Gasteiger partial charge < -0.3 is 5.11 Å². The zero-order valence-corrected chi connectivity index (χ0v) is 18.5. The van der Waals surface area contributed by atoms with E-state index in [0.29, 0.717) is 18.0 Å². The summed E-state index contributed by atoms with van der Waals surface area (Å²) in [4.78, 5) is 12.4. The van der Waals surface area contributed by atoms with Crippen LogP contribution < -0.4 is 0 Å². The van der Waals surface area contributed by atoms with Crippen molar-refractivity contribution in [1.29, 1.82) is 0 Å². The lowest BCUT2D eigenvalue weighted by Crippen LogP contribution is -2.35. The minimum atomic E-state index is -3.58. The lowest BCUT2D eigenvalue weighted by molar-refractivity contribution is -0.130. The van der Waals surface area contributed by atoms with Crippen LogP contribution in [0.2, 0.25) is 0 Å². The Hall–Kier alpha value is -2.74. The fourth-order valence-corrected chi connectivity index (χ4v) is 6.63. The van der Waals surface area contributed by atoms with Crippen molar-refractivity contribution in [2.24, 2.45) is 0 Å². The Kier molecular flexibility index (Phi) is 6.36. The fourth-order valence-electron chi connectivity index (χ4n) is 3.64. The van der Waals surface area contributed by atoms with E-state index in [-0.39, 0.29) is 9.78 Å². The molecule has 1 fully saturated rings. The molecule has 5 nitrogen and oxygen atoms in total. The molecule has 1 aromatic heterocycles. The van der Waals surface area contributed by atoms with E-state index in [4.69, 9.17) is 0 Å². The molecular weight excluding hydrogens is 430 g/mol. The molecule has 31 heavy (non-hydrogen) atoms. The number of aliphatic carboxylic acids is 1. The summed E-state index contributed by atoms with van der Waals surface area (Å²) in [6.07, 6.45) is 4.34. The van der Waals surface area contributed by atoms with Gasteiger partial charge >= 0.3 is 5.97 Å². The van der Waals surface area contributed by atoms with E-state index in [0.717, 1.165) is 47.3 Å². The average molecular weight is 454 g/mol. The quantitative estimate of drug-likeness (QED) is 0.520. The first kappa shape index (κ1) is 21.5. The van der Waals surface area contributed by atoms with E-state index in [1.165, 1.54) is 10.4 Å². The van der Waals surface area contributed by atoms with Gasteiger partial charge in [-0.3, -0.25) is 0 Å². The van der Waals surface area contributed by atoms with Crippen LogP contribution in [0.25, 0.3) is 22.8 Å². The van der Waals surface area contributed by atoms with Crippen LogP contribution in [0.1, 0.15) is 29.7 Å². The molecule has 0 saturated carbocycles. The Labute approximate surface area is 186 Å². The van der Waals surface area contributed by atoms with Crippen molar-refractivity contribution in [2.75, 3.05) is 13.1 Å². The minimum absolute atomic E-state index is 0.0811. The zero-order valence-electron chi connectivity index (χ0n) is 16.9. The van der Waals surface area contributed by atoms with Crippen molar-refractivity contribution in [1.82, 2.24) is 4.31 Å². The number of hydrogen-bond donors (Lipinski definition) is 1. The van der Waals surface area contributed by atoms with E-state index in [9.17, 15) is 18.3 Å². The summed E-state index contributed by atoms with van der Waals surface area (Å²) < 4.78 is 27.5. The second-order valence-electron chi connectivity index (χ2n) is 7.43. The van der Waals surface area contributed by atoms with Crippen LogP contribution in [0.5, 0.6) is 0 Å². The summed E-state index contributed by atoms with van der Waals surface area (Å²) in [7, 11) is -3.58. The highest BCUT2D eigenvalue weighted by Gasteiger charge is 2.28. The van der Waals surface area contributed by atoms with Crippen molar-refractivity contribution in [3.8, 4) is 11.1 Å². The summed E-state index contributed by atoms with van der Waals surface area (Å²) in [6, 6.07) is 20.7. The number of nitrogens with zero attached hydrogens (tertiary/aromatic N) is 1. The molecule has 7 heteroatoms. The number of sulfonamides is 1. The van der Waals surface area contributed by atoms with Gasteiger partial charge in [0.25, 0.3) is 10.0 Å². The smallest absolute Gasteiger partial charge is 0.337 e. The van der Waals surface area contributed by atoms with Crippen molar-refractivity contribution in [2.45, 2.75) is 23.5 Å².